The predicted molar refractivity (Wildman–Crippen MR) is 64.0 cm³/mol. The van der Waals surface area contributed by atoms with E-state index in [0.29, 0.717) is 31.5 Å². The van der Waals surface area contributed by atoms with Gasteiger partial charge in [-0.25, -0.2) is 4.39 Å². The third-order valence-electron chi connectivity index (χ3n) is 2.83. The van der Waals surface area contributed by atoms with E-state index >= 15 is 0 Å². The molecule has 1 saturated heterocycles. The molecule has 0 saturated carbocycles. The molecule has 1 aliphatic rings. The highest BCUT2D eigenvalue weighted by Crippen LogP contribution is 2.24. The van der Waals surface area contributed by atoms with Gasteiger partial charge in [-0.3, -0.25) is 4.79 Å². The van der Waals surface area contributed by atoms with Crippen LogP contribution in [-0.2, 0) is 4.74 Å². The summed E-state index contributed by atoms with van der Waals surface area (Å²) in [4.78, 5) is 12.8. The van der Waals surface area contributed by atoms with Gasteiger partial charge >= 0.3 is 0 Å². The maximum atomic E-state index is 13.3. The fourth-order valence-corrected chi connectivity index (χ4v) is 2.08. The van der Waals surface area contributed by atoms with Crippen molar-refractivity contribution in [3.05, 3.63) is 29.6 Å². The quantitative estimate of drug-likeness (QED) is 0.739. The maximum Gasteiger partial charge on any atom is 0.150 e. The van der Waals surface area contributed by atoms with Gasteiger partial charge < -0.3 is 9.64 Å². The Morgan fingerprint density at radius 1 is 1.41 bits per heavy atom. The summed E-state index contributed by atoms with van der Waals surface area (Å²) in [5, 5.41) is 0. The number of hydrogen-bond donors (Lipinski definition) is 0. The molecular formula is C13H16FNO2. The zero-order chi connectivity index (χ0) is 12.5. The van der Waals surface area contributed by atoms with Crippen molar-refractivity contribution >= 4 is 12.0 Å². The molecule has 1 aromatic rings. The number of benzene rings is 1. The van der Waals surface area contributed by atoms with Crippen molar-refractivity contribution in [1.29, 1.82) is 0 Å². The monoisotopic (exact) mass is 237 g/mol. The van der Waals surface area contributed by atoms with E-state index in [0.717, 1.165) is 5.69 Å². The Hall–Kier alpha value is -1.42. The third kappa shape index (κ3) is 2.82. The van der Waals surface area contributed by atoms with Crippen LogP contribution >= 0.6 is 0 Å². The highest BCUT2D eigenvalue weighted by molar-refractivity contribution is 5.77. The van der Waals surface area contributed by atoms with Crippen molar-refractivity contribution < 1.29 is 13.9 Å². The molecule has 0 bridgehead atoms. The largest absolute Gasteiger partial charge is 0.372 e. The minimum Gasteiger partial charge on any atom is -0.372 e. The van der Waals surface area contributed by atoms with Crippen molar-refractivity contribution in [2.24, 2.45) is 0 Å². The van der Waals surface area contributed by atoms with Crippen LogP contribution in [0.5, 0.6) is 0 Å². The summed E-state index contributed by atoms with van der Waals surface area (Å²) in [7, 11) is 0. The molecule has 0 unspecified atom stereocenters. The number of hydrogen-bond acceptors (Lipinski definition) is 3. The van der Waals surface area contributed by atoms with Crippen LogP contribution in [0.4, 0.5) is 10.1 Å². The van der Waals surface area contributed by atoms with E-state index in [1.54, 1.807) is 6.07 Å². The average molecular weight is 237 g/mol. The Morgan fingerprint density at radius 3 is 2.82 bits per heavy atom. The average Bonchev–Trinajstić information content (AvgIpc) is 2.27. The van der Waals surface area contributed by atoms with Gasteiger partial charge in [-0.2, -0.15) is 0 Å². The molecule has 0 radical (unpaired) electrons. The third-order valence-corrected chi connectivity index (χ3v) is 2.83. The Kier molecular flexibility index (Phi) is 3.15. The van der Waals surface area contributed by atoms with E-state index in [1.807, 2.05) is 18.7 Å². The Bertz CT molecular complexity index is 431. The van der Waals surface area contributed by atoms with Gasteiger partial charge in [0.15, 0.2) is 0 Å². The van der Waals surface area contributed by atoms with Crippen LogP contribution in [0, 0.1) is 5.82 Å². The smallest absolute Gasteiger partial charge is 0.150 e. The van der Waals surface area contributed by atoms with Crippen LogP contribution in [0.15, 0.2) is 18.2 Å². The van der Waals surface area contributed by atoms with Crippen molar-refractivity contribution in [2.75, 3.05) is 24.6 Å². The van der Waals surface area contributed by atoms with Crippen molar-refractivity contribution in [1.82, 2.24) is 0 Å². The molecule has 0 aliphatic carbocycles. The molecule has 0 aromatic heterocycles. The lowest BCUT2D eigenvalue weighted by Gasteiger charge is -2.39. The van der Waals surface area contributed by atoms with Gasteiger partial charge in [0.1, 0.15) is 12.1 Å². The standard InChI is InChI=1S/C13H16FNO2/c1-13(2)9-15(3-4-17-13)12-6-10(8-16)5-11(14)7-12/h5-8H,3-4,9H2,1-2H3. The van der Waals surface area contributed by atoms with Crippen LogP contribution in [0.2, 0.25) is 0 Å². The second-order valence-corrected chi connectivity index (χ2v) is 4.89. The van der Waals surface area contributed by atoms with Crippen molar-refractivity contribution in [2.45, 2.75) is 19.4 Å². The van der Waals surface area contributed by atoms with E-state index in [-0.39, 0.29) is 11.4 Å². The van der Waals surface area contributed by atoms with E-state index in [4.69, 9.17) is 4.74 Å². The first kappa shape index (κ1) is 12.0. The topological polar surface area (TPSA) is 29.5 Å². The highest BCUT2D eigenvalue weighted by atomic mass is 19.1. The number of rotatable bonds is 2. The van der Waals surface area contributed by atoms with Crippen LogP contribution in [-0.4, -0.2) is 31.6 Å². The van der Waals surface area contributed by atoms with Crippen molar-refractivity contribution in [3.63, 3.8) is 0 Å². The molecular weight excluding hydrogens is 221 g/mol. The minimum absolute atomic E-state index is 0.244. The lowest BCUT2D eigenvalue weighted by Crippen LogP contribution is -2.48. The summed E-state index contributed by atoms with van der Waals surface area (Å²) >= 11 is 0. The van der Waals surface area contributed by atoms with Gasteiger partial charge in [-0.15, -0.1) is 0 Å². The highest BCUT2D eigenvalue weighted by Gasteiger charge is 2.27. The molecule has 17 heavy (non-hydrogen) atoms. The molecule has 1 fully saturated rings. The fraction of sp³-hybridized carbons (Fsp3) is 0.462. The molecule has 0 amide bonds. The number of morpholine rings is 1. The van der Waals surface area contributed by atoms with Crippen LogP contribution in [0.3, 0.4) is 0 Å². The summed E-state index contributed by atoms with van der Waals surface area (Å²) < 4.78 is 18.9. The number of carbonyl (C=O) groups excluding carboxylic acids is 1. The van der Waals surface area contributed by atoms with Gasteiger partial charge in [0.25, 0.3) is 0 Å². The van der Waals surface area contributed by atoms with Gasteiger partial charge in [-0.1, -0.05) is 0 Å². The van der Waals surface area contributed by atoms with Crippen LogP contribution in [0.25, 0.3) is 0 Å². The number of carbonyl (C=O) groups is 1. The second kappa shape index (κ2) is 4.45. The van der Waals surface area contributed by atoms with E-state index in [1.165, 1.54) is 12.1 Å². The molecule has 0 atom stereocenters. The second-order valence-electron chi connectivity index (χ2n) is 4.89. The summed E-state index contributed by atoms with van der Waals surface area (Å²) in [5.41, 5.74) is 0.860. The van der Waals surface area contributed by atoms with Crippen molar-refractivity contribution in [3.8, 4) is 0 Å². The van der Waals surface area contributed by atoms with Crippen LogP contribution in [0.1, 0.15) is 24.2 Å². The van der Waals surface area contributed by atoms with Gasteiger partial charge in [0, 0.05) is 24.3 Å². The number of ether oxygens (including phenoxy) is 1. The summed E-state index contributed by atoms with van der Waals surface area (Å²) in [6, 6.07) is 4.40. The predicted octanol–water partition coefficient (Wildman–Crippen LogP) is 2.25. The van der Waals surface area contributed by atoms with Gasteiger partial charge in [0.05, 0.1) is 12.2 Å². The molecule has 3 nitrogen and oxygen atoms in total. The number of halogens is 1. The number of aldehydes is 1. The number of nitrogens with zero attached hydrogens (tertiary/aromatic N) is 1. The van der Waals surface area contributed by atoms with E-state index in [2.05, 4.69) is 0 Å². The normalized spacial score (nSPS) is 19.1. The van der Waals surface area contributed by atoms with Gasteiger partial charge in [-0.05, 0) is 32.0 Å². The summed E-state index contributed by atoms with van der Waals surface area (Å²) in [5.74, 6) is -0.381. The first-order valence-electron chi connectivity index (χ1n) is 5.65. The molecule has 0 N–H and O–H groups in total. The first-order valence-corrected chi connectivity index (χ1v) is 5.65. The molecule has 1 heterocycles. The lowest BCUT2D eigenvalue weighted by molar-refractivity contribution is -0.0277. The van der Waals surface area contributed by atoms with Crippen LogP contribution < -0.4 is 4.90 Å². The zero-order valence-corrected chi connectivity index (χ0v) is 10.1. The molecule has 0 spiro atoms. The molecule has 1 aromatic carbocycles. The Balaban J connectivity index is 2.27. The SMILES string of the molecule is CC1(C)CN(c2cc(F)cc(C=O)c2)CCO1. The first-order chi connectivity index (χ1) is 8.00. The number of anilines is 1. The Morgan fingerprint density at radius 2 is 2.18 bits per heavy atom. The fourth-order valence-electron chi connectivity index (χ4n) is 2.08. The molecule has 1 aliphatic heterocycles. The van der Waals surface area contributed by atoms with E-state index < -0.39 is 0 Å². The van der Waals surface area contributed by atoms with Gasteiger partial charge in [0.2, 0.25) is 0 Å². The molecule has 92 valence electrons. The molecule has 2 rings (SSSR count). The maximum absolute atomic E-state index is 13.3. The summed E-state index contributed by atoms with van der Waals surface area (Å²) in [6.45, 7) is 6.01. The molecule has 4 heteroatoms. The summed E-state index contributed by atoms with van der Waals surface area (Å²) in [6.07, 6.45) is 0.665. The zero-order valence-electron chi connectivity index (χ0n) is 10.1. The lowest BCUT2D eigenvalue weighted by atomic mass is 10.1. The Labute approximate surface area is 100 Å². The van der Waals surface area contributed by atoms with E-state index in [9.17, 15) is 9.18 Å². The minimum atomic E-state index is -0.381.